The maximum absolute atomic E-state index is 5.96. The number of methoxy groups -OCH3 is 1. The Bertz CT molecular complexity index is 638. The van der Waals surface area contributed by atoms with Crippen molar-refractivity contribution in [3.63, 3.8) is 0 Å². The third kappa shape index (κ3) is 2.95. The first kappa shape index (κ1) is 15.0. The second-order valence-electron chi connectivity index (χ2n) is 7.01. The lowest BCUT2D eigenvalue weighted by molar-refractivity contribution is 0.0755. The molecule has 0 saturated carbocycles. The molecule has 0 N–H and O–H groups in total. The van der Waals surface area contributed by atoms with E-state index in [1.165, 1.54) is 32.4 Å². The van der Waals surface area contributed by atoms with Gasteiger partial charge in [0.1, 0.15) is 5.52 Å². The van der Waals surface area contributed by atoms with Crippen LogP contribution in [0.3, 0.4) is 0 Å². The molecule has 0 radical (unpaired) electrons. The van der Waals surface area contributed by atoms with E-state index < -0.39 is 0 Å². The Morgan fingerprint density at radius 2 is 2.13 bits per heavy atom. The first-order chi connectivity index (χ1) is 11.3. The standard InChI is InChI=1S/C18H25N3O2/c1-22-12-11-20-9-4-7-18(13-20)8-10-21(14-18)17-19-15-5-2-3-6-16(15)23-17/h2-3,5-6H,4,7-14H2,1H3/t18-/m0/s1. The zero-order valence-corrected chi connectivity index (χ0v) is 13.8. The lowest BCUT2D eigenvalue weighted by Crippen LogP contribution is -2.45. The molecule has 0 bridgehead atoms. The molecule has 1 spiro atoms. The summed E-state index contributed by atoms with van der Waals surface area (Å²) in [7, 11) is 1.78. The smallest absolute Gasteiger partial charge is 0.298 e. The van der Waals surface area contributed by atoms with Crippen molar-refractivity contribution >= 4 is 17.1 Å². The summed E-state index contributed by atoms with van der Waals surface area (Å²) in [6.45, 7) is 6.35. The number of para-hydroxylation sites is 2. The molecule has 1 aromatic heterocycles. The molecule has 1 aromatic carbocycles. The minimum Gasteiger partial charge on any atom is -0.423 e. The molecule has 2 aliphatic rings. The van der Waals surface area contributed by atoms with E-state index >= 15 is 0 Å². The van der Waals surface area contributed by atoms with Gasteiger partial charge in [-0.25, -0.2) is 0 Å². The normalized spacial score (nSPS) is 25.7. The molecule has 5 heteroatoms. The fourth-order valence-corrected chi connectivity index (χ4v) is 4.15. The Morgan fingerprint density at radius 1 is 1.22 bits per heavy atom. The molecular formula is C18H25N3O2. The molecule has 0 unspecified atom stereocenters. The molecule has 2 aliphatic heterocycles. The van der Waals surface area contributed by atoms with Crippen molar-refractivity contribution in [3.05, 3.63) is 24.3 Å². The van der Waals surface area contributed by atoms with Gasteiger partial charge in [-0.3, -0.25) is 0 Å². The van der Waals surface area contributed by atoms with Crippen LogP contribution in [0, 0.1) is 5.41 Å². The number of hydrogen-bond acceptors (Lipinski definition) is 5. The minimum absolute atomic E-state index is 0.395. The number of nitrogens with zero attached hydrogens (tertiary/aromatic N) is 3. The predicted octanol–water partition coefficient (Wildman–Crippen LogP) is 2.77. The number of anilines is 1. The number of ether oxygens (including phenoxy) is 1. The zero-order chi connectivity index (χ0) is 15.7. The number of aromatic nitrogens is 1. The zero-order valence-electron chi connectivity index (χ0n) is 13.8. The molecular weight excluding hydrogens is 290 g/mol. The van der Waals surface area contributed by atoms with Crippen LogP contribution in [0.2, 0.25) is 0 Å². The largest absolute Gasteiger partial charge is 0.423 e. The summed E-state index contributed by atoms with van der Waals surface area (Å²) >= 11 is 0. The summed E-state index contributed by atoms with van der Waals surface area (Å²) in [6.07, 6.45) is 3.83. The Labute approximate surface area is 137 Å². The van der Waals surface area contributed by atoms with Crippen LogP contribution in [0.15, 0.2) is 28.7 Å². The monoisotopic (exact) mass is 315 g/mol. The van der Waals surface area contributed by atoms with Crippen molar-refractivity contribution in [2.45, 2.75) is 19.3 Å². The van der Waals surface area contributed by atoms with E-state index in [-0.39, 0.29) is 0 Å². The van der Waals surface area contributed by atoms with Crippen molar-refractivity contribution in [1.29, 1.82) is 0 Å². The fourth-order valence-electron chi connectivity index (χ4n) is 4.15. The van der Waals surface area contributed by atoms with E-state index in [1.807, 2.05) is 24.3 Å². The average molecular weight is 315 g/mol. The summed E-state index contributed by atoms with van der Waals surface area (Å²) in [5, 5.41) is 0. The number of hydrogen-bond donors (Lipinski definition) is 0. The highest BCUT2D eigenvalue weighted by Crippen LogP contribution is 2.40. The van der Waals surface area contributed by atoms with Gasteiger partial charge in [0.25, 0.3) is 6.01 Å². The third-order valence-corrected chi connectivity index (χ3v) is 5.34. The van der Waals surface area contributed by atoms with Crippen LogP contribution in [0.25, 0.3) is 11.1 Å². The molecule has 0 aliphatic carbocycles. The Kier molecular flexibility index (Phi) is 3.99. The van der Waals surface area contributed by atoms with Crippen LogP contribution in [-0.2, 0) is 4.74 Å². The van der Waals surface area contributed by atoms with Crippen LogP contribution in [0.4, 0.5) is 6.01 Å². The van der Waals surface area contributed by atoms with Gasteiger partial charge >= 0.3 is 0 Å². The fraction of sp³-hybridized carbons (Fsp3) is 0.611. The predicted molar refractivity (Wildman–Crippen MR) is 90.8 cm³/mol. The van der Waals surface area contributed by atoms with E-state index in [2.05, 4.69) is 14.8 Å². The minimum atomic E-state index is 0.395. The Morgan fingerprint density at radius 3 is 3.00 bits per heavy atom. The SMILES string of the molecule is COCCN1CCC[C@]2(CCN(c3nc4ccccc4o3)C2)C1. The number of oxazole rings is 1. The summed E-state index contributed by atoms with van der Waals surface area (Å²) < 4.78 is 11.2. The van der Waals surface area contributed by atoms with Crippen molar-refractivity contribution in [3.8, 4) is 0 Å². The van der Waals surface area contributed by atoms with Crippen LogP contribution < -0.4 is 4.90 Å². The molecule has 2 saturated heterocycles. The lowest BCUT2D eigenvalue weighted by atomic mass is 9.79. The highest BCUT2D eigenvalue weighted by molar-refractivity contribution is 5.74. The summed E-state index contributed by atoms with van der Waals surface area (Å²) in [6, 6.07) is 8.80. The Hall–Kier alpha value is -1.59. The topological polar surface area (TPSA) is 41.7 Å². The maximum Gasteiger partial charge on any atom is 0.298 e. The summed E-state index contributed by atoms with van der Waals surface area (Å²) in [4.78, 5) is 9.56. The average Bonchev–Trinajstić information content (AvgIpc) is 3.17. The van der Waals surface area contributed by atoms with Gasteiger partial charge in [-0.05, 0) is 37.9 Å². The molecule has 0 amide bonds. The van der Waals surface area contributed by atoms with Crippen molar-refractivity contribution in [2.75, 3.05) is 51.3 Å². The molecule has 23 heavy (non-hydrogen) atoms. The van der Waals surface area contributed by atoms with E-state index in [9.17, 15) is 0 Å². The number of fused-ring (bicyclic) bond motifs is 1. The lowest BCUT2D eigenvalue weighted by Gasteiger charge is -2.40. The van der Waals surface area contributed by atoms with Gasteiger partial charge in [-0.1, -0.05) is 12.1 Å². The first-order valence-electron chi connectivity index (χ1n) is 8.60. The maximum atomic E-state index is 5.96. The number of benzene rings is 1. The van der Waals surface area contributed by atoms with Gasteiger partial charge in [-0.2, -0.15) is 4.98 Å². The van der Waals surface area contributed by atoms with Crippen molar-refractivity contribution in [1.82, 2.24) is 9.88 Å². The van der Waals surface area contributed by atoms with Crippen molar-refractivity contribution < 1.29 is 9.15 Å². The highest BCUT2D eigenvalue weighted by atomic mass is 16.5. The van der Waals surface area contributed by atoms with Gasteiger partial charge in [-0.15, -0.1) is 0 Å². The molecule has 1 atom stereocenters. The third-order valence-electron chi connectivity index (χ3n) is 5.34. The first-order valence-corrected chi connectivity index (χ1v) is 8.60. The van der Waals surface area contributed by atoms with Gasteiger partial charge in [0.05, 0.1) is 6.61 Å². The molecule has 4 rings (SSSR count). The number of piperidine rings is 1. The quantitative estimate of drug-likeness (QED) is 0.868. The van der Waals surface area contributed by atoms with Crippen LogP contribution in [-0.4, -0.2) is 56.3 Å². The highest BCUT2D eigenvalue weighted by Gasteiger charge is 2.42. The van der Waals surface area contributed by atoms with Gasteiger partial charge in [0, 0.05) is 38.7 Å². The summed E-state index contributed by atoms with van der Waals surface area (Å²) in [5.74, 6) is 0. The van der Waals surface area contributed by atoms with Crippen molar-refractivity contribution in [2.24, 2.45) is 5.41 Å². The van der Waals surface area contributed by atoms with E-state index in [4.69, 9.17) is 9.15 Å². The number of rotatable bonds is 4. The Balaban J connectivity index is 1.47. The molecule has 2 aromatic rings. The second-order valence-corrected chi connectivity index (χ2v) is 7.01. The second kappa shape index (κ2) is 6.13. The van der Waals surface area contributed by atoms with E-state index in [0.29, 0.717) is 5.41 Å². The van der Waals surface area contributed by atoms with E-state index in [1.54, 1.807) is 7.11 Å². The summed E-state index contributed by atoms with van der Waals surface area (Å²) in [5.41, 5.74) is 2.23. The molecule has 124 valence electrons. The van der Waals surface area contributed by atoms with Crippen LogP contribution in [0.5, 0.6) is 0 Å². The molecule has 3 heterocycles. The number of likely N-dealkylation sites (tertiary alicyclic amines) is 1. The van der Waals surface area contributed by atoms with Crippen LogP contribution in [0.1, 0.15) is 19.3 Å². The van der Waals surface area contributed by atoms with Crippen LogP contribution >= 0.6 is 0 Å². The van der Waals surface area contributed by atoms with Gasteiger partial charge in [0.15, 0.2) is 5.58 Å². The van der Waals surface area contributed by atoms with Gasteiger partial charge < -0.3 is 19.0 Å². The molecule has 2 fully saturated rings. The van der Waals surface area contributed by atoms with Gasteiger partial charge in [0.2, 0.25) is 0 Å². The van der Waals surface area contributed by atoms with E-state index in [0.717, 1.165) is 43.4 Å². The molecule has 5 nitrogen and oxygen atoms in total.